The Bertz CT molecular complexity index is 317. The van der Waals surface area contributed by atoms with Crippen molar-refractivity contribution in [3.63, 3.8) is 0 Å². The zero-order chi connectivity index (χ0) is 18.0. The van der Waals surface area contributed by atoms with Gasteiger partial charge in [0.2, 0.25) is 0 Å². The predicted molar refractivity (Wildman–Crippen MR) is 94.9 cm³/mol. The lowest BCUT2D eigenvalue weighted by molar-refractivity contribution is -0.154. The second-order valence-corrected chi connectivity index (χ2v) is 6.17. The summed E-state index contributed by atoms with van der Waals surface area (Å²) in [6.07, 6.45) is 9.17. The van der Waals surface area contributed by atoms with E-state index in [2.05, 4.69) is 6.92 Å². The number of methoxy groups -OCH3 is 1. The number of ether oxygens (including phenoxy) is 3. The summed E-state index contributed by atoms with van der Waals surface area (Å²) in [6.45, 7) is 5.32. The summed E-state index contributed by atoms with van der Waals surface area (Å²) in [5.74, 6) is -0.625. The Morgan fingerprint density at radius 2 is 1.46 bits per heavy atom. The van der Waals surface area contributed by atoms with Crippen LogP contribution in [0.5, 0.6) is 0 Å². The van der Waals surface area contributed by atoms with Crippen LogP contribution in [0.2, 0.25) is 0 Å². The van der Waals surface area contributed by atoms with Crippen LogP contribution in [0.3, 0.4) is 0 Å². The van der Waals surface area contributed by atoms with Crippen LogP contribution in [0.4, 0.5) is 0 Å². The average Bonchev–Trinajstić information content (AvgIpc) is 2.57. The van der Waals surface area contributed by atoms with Gasteiger partial charge in [-0.15, -0.1) is 0 Å². The van der Waals surface area contributed by atoms with Crippen LogP contribution in [0.15, 0.2) is 0 Å². The smallest absolute Gasteiger partial charge is 0.306 e. The maximum Gasteiger partial charge on any atom is 0.306 e. The van der Waals surface area contributed by atoms with Crippen molar-refractivity contribution in [2.75, 3.05) is 20.3 Å². The molecule has 0 heterocycles. The maximum absolute atomic E-state index is 11.9. The second-order valence-electron chi connectivity index (χ2n) is 6.17. The van der Waals surface area contributed by atoms with Gasteiger partial charge < -0.3 is 14.2 Å². The van der Waals surface area contributed by atoms with Gasteiger partial charge in [0.25, 0.3) is 0 Å². The number of hydrogen-bond donors (Lipinski definition) is 0. The first-order valence-corrected chi connectivity index (χ1v) is 9.48. The van der Waals surface area contributed by atoms with E-state index >= 15 is 0 Å². The lowest BCUT2D eigenvalue weighted by atomic mass is 10.1. The predicted octanol–water partition coefficient (Wildman–Crippen LogP) is 4.42. The van der Waals surface area contributed by atoms with Crippen molar-refractivity contribution in [1.82, 2.24) is 0 Å². The Hall–Kier alpha value is -1.10. The second kappa shape index (κ2) is 16.7. The van der Waals surface area contributed by atoms with Gasteiger partial charge in [-0.25, -0.2) is 0 Å². The molecule has 24 heavy (non-hydrogen) atoms. The van der Waals surface area contributed by atoms with Crippen LogP contribution in [0.25, 0.3) is 0 Å². The van der Waals surface area contributed by atoms with Crippen LogP contribution >= 0.6 is 0 Å². The summed E-state index contributed by atoms with van der Waals surface area (Å²) in [7, 11) is 1.67. The molecule has 0 aromatic carbocycles. The van der Waals surface area contributed by atoms with E-state index in [-0.39, 0.29) is 30.9 Å². The van der Waals surface area contributed by atoms with Crippen molar-refractivity contribution in [2.24, 2.45) is 0 Å². The fraction of sp³-hybridized carbons (Fsp3) is 0.895. The van der Waals surface area contributed by atoms with Crippen LogP contribution in [-0.4, -0.2) is 38.4 Å². The van der Waals surface area contributed by atoms with Gasteiger partial charge in [0.05, 0.1) is 19.4 Å². The molecule has 0 aliphatic heterocycles. The summed E-state index contributed by atoms with van der Waals surface area (Å²) in [4.78, 5) is 23.5. The minimum absolute atomic E-state index is 0.0689. The van der Waals surface area contributed by atoms with Crippen molar-refractivity contribution in [3.8, 4) is 0 Å². The molecule has 0 rings (SSSR count). The van der Waals surface area contributed by atoms with E-state index < -0.39 is 0 Å². The number of carbonyl (C=O) groups is 2. The molecule has 1 unspecified atom stereocenters. The molecule has 0 N–H and O–H groups in total. The van der Waals surface area contributed by atoms with Gasteiger partial charge in [0.15, 0.2) is 0 Å². The lowest BCUT2D eigenvalue weighted by Crippen LogP contribution is -2.20. The normalized spacial score (nSPS) is 12.0. The minimum Gasteiger partial charge on any atom is -0.466 e. The molecule has 5 heteroatoms. The van der Waals surface area contributed by atoms with Crippen LogP contribution < -0.4 is 0 Å². The van der Waals surface area contributed by atoms with Crippen molar-refractivity contribution >= 4 is 11.9 Å². The topological polar surface area (TPSA) is 61.8 Å². The van der Waals surface area contributed by atoms with Crippen LogP contribution in [0.1, 0.15) is 84.5 Å². The molecular weight excluding hydrogens is 308 g/mol. The van der Waals surface area contributed by atoms with Gasteiger partial charge in [0, 0.05) is 13.7 Å². The molecular formula is C19H36O5. The molecule has 0 aliphatic carbocycles. The van der Waals surface area contributed by atoms with Gasteiger partial charge in [-0.1, -0.05) is 39.5 Å². The highest BCUT2D eigenvalue weighted by atomic mass is 16.5. The number of hydrogen-bond acceptors (Lipinski definition) is 5. The quantitative estimate of drug-likeness (QED) is 0.306. The summed E-state index contributed by atoms with van der Waals surface area (Å²) in [6, 6.07) is 0. The molecule has 0 aromatic rings. The zero-order valence-electron chi connectivity index (χ0n) is 15.8. The third kappa shape index (κ3) is 14.5. The molecule has 0 bridgehead atoms. The van der Waals surface area contributed by atoms with Crippen molar-refractivity contribution in [1.29, 1.82) is 0 Å². The first kappa shape index (κ1) is 22.9. The minimum atomic E-state index is -0.320. The molecule has 0 spiro atoms. The van der Waals surface area contributed by atoms with E-state index in [1.807, 2.05) is 6.92 Å². The molecule has 0 aromatic heterocycles. The van der Waals surface area contributed by atoms with E-state index in [9.17, 15) is 9.59 Å². The fourth-order valence-corrected chi connectivity index (χ4v) is 2.37. The third-order valence-electron chi connectivity index (χ3n) is 3.85. The number of carbonyl (C=O) groups excluding carboxylic acids is 2. The Morgan fingerprint density at radius 1 is 0.792 bits per heavy atom. The monoisotopic (exact) mass is 344 g/mol. The highest BCUT2D eigenvalue weighted by Crippen LogP contribution is 2.14. The fourth-order valence-electron chi connectivity index (χ4n) is 2.37. The Kier molecular flexibility index (Phi) is 16.0. The third-order valence-corrected chi connectivity index (χ3v) is 3.85. The Morgan fingerprint density at radius 3 is 2.12 bits per heavy atom. The van der Waals surface area contributed by atoms with Gasteiger partial charge in [-0.2, -0.15) is 0 Å². The molecule has 0 amide bonds. The maximum atomic E-state index is 11.9. The molecule has 0 fully saturated rings. The number of esters is 2. The zero-order valence-corrected chi connectivity index (χ0v) is 15.8. The average molecular weight is 344 g/mol. The molecule has 0 aliphatic rings. The van der Waals surface area contributed by atoms with E-state index in [0.717, 1.165) is 38.5 Å². The molecule has 142 valence electrons. The molecule has 1 atom stereocenters. The molecule has 5 nitrogen and oxygen atoms in total. The van der Waals surface area contributed by atoms with Gasteiger partial charge in [-0.05, 0) is 32.1 Å². The lowest BCUT2D eigenvalue weighted by Gasteiger charge is -2.18. The van der Waals surface area contributed by atoms with E-state index in [1.165, 1.54) is 19.3 Å². The highest BCUT2D eigenvalue weighted by molar-refractivity contribution is 5.77. The molecule has 0 saturated heterocycles. The molecule has 0 radical (unpaired) electrons. The summed E-state index contributed by atoms with van der Waals surface area (Å²) in [5, 5.41) is 0. The van der Waals surface area contributed by atoms with Gasteiger partial charge in [-0.3, -0.25) is 9.59 Å². The first-order chi connectivity index (χ1) is 11.6. The Balaban J connectivity index is 4.04. The first-order valence-electron chi connectivity index (χ1n) is 9.48. The van der Waals surface area contributed by atoms with Gasteiger partial charge >= 0.3 is 11.9 Å². The highest BCUT2D eigenvalue weighted by Gasteiger charge is 2.16. The van der Waals surface area contributed by atoms with E-state index in [1.54, 1.807) is 7.11 Å². The summed E-state index contributed by atoms with van der Waals surface area (Å²) < 4.78 is 15.7. The van der Waals surface area contributed by atoms with Crippen molar-refractivity contribution in [3.05, 3.63) is 0 Å². The number of unbranched alkanes of at least 4 members (excludes halogenated alkanes) is 4. The summed E-state index contributed by atoms with van der Waals surface area (Å²) in [5.41, 5.74) is 0. The van der Waals surface area contributed by atoms with E-state index in [0.29, 0.717) is 13.2 Å². The van der Waals surface area contributed by atoms with Gasteiger partial charge in [0.1, 0.15) is 6.10 Å². The largest absolute Gasteiger partial charge is 0.466 e. The summed E-state index contributed by atoms with van der Waals surface area (Å²) >= 11 is 0. The van der Waals surface area contributed by atoms with Crippen LogP contribution in [0, 0.1) is 0 Å². The number of rotatable bonds is 16. The standard InChI is InChI=1S/C19H36O5/c1-4-6-8-9-11-17(12-10-15-22-3)24-19(21)14-13-18(20)23-16-7-5-2/h17H,4-16H2,1-3H3. The van der Waals surface area contributed by atoms with Crippen molar-refractivity contribution in [2.45, 2.75) is 90.6 Å². The SMILES string of the molecule is CCCCCCC(CCCOC)OC(=O)CCC(=O)OCCCC. The molecule has 0 saturated carbocycles. The van der Waals surface area contributed by atoms with E-state index in [4.69, 9.17) is 14.2 Å². The van der Waals surface area contributed by atoms with Crippen molar-refractivity contribution < 1.29 is 23.8 Å². The Labute approximate surface area is 147 Å². The van der Waals surface area contributed by atoms with Crippen LogP contribution in [-0.2, 0) is 23.8 Å².